The highest BCUT2D eigenvalue weighted by Gasteiger charge is 2.22. The van der Waals surface area contributed by atoms with E-state index in [0.29, 0.717) is 11.4 Å². The molecule has 0 fully saturated rings. The minimum Gasteiger partial charge on any atom is -0.337 e. The fourth-order valence-electron chi connectivity index (χ4n) is 1.85. The Morgan fingerprint density at radius 1 is 1.40 bits per heavy atom. The lowest BCUT2D eigenvalue weighted by Gasteiger charge is -2.18. The van der Waals surface area contributed by atoms with E-state index in [9.17, 15) is 4.79 Å². The Morgan fingerprint density at radius 2 is 2.10 bits per heavy atom. The molecular weight excluding hydrogens is 338 g/mol. The lowest BCUT2D eigenvalue weighted by atomic mass is 10.1. The van der Waals surface area contributed by atoms with E-state index in [2.05, 4.69) is 25.5 Å². The van der Waals surface area contributed by atoms with Crippen LogP contribution in [0.2, 0.25) is 0 Å². The van der Waals surface area contributed by atoms with Crippen LogP contribution < -0.4 is 0 Å². The molecular formula is C14H16BrN3OS. The van der Waals surface area contributed by atoms with Crippen molar-refractivity contribution in [3.63, 3.8) is 0 Å². The molecule has 1 aromatic carbocycles. The second kappa shape index (κ2) is 6.45. The van der Waals surface area contributed by atoms with Crippen molar-refractivity contribution in [3.05, 3.63) is 44.9 Å². The predicted molar refractivity (Wildman–Crippen MR) is 83.9 cm³/mol. The summed E-state index contributed by atoms with van der Waals surface area (Å²) in [7, 11) is 1.80. The van der Waals surface area contributed by atoms with Crippen LogP contribution in [0.5, 0.6) is 0 Å². The number of amides is 1. The normalized spacial score (nSPS) is 10.8. The van der Waals surface area contributed by atoms with Gasteiger partial charge in [-0.25, -0.2) is 0 Å². The molecule has 1 amide bonds. The first-order chi connectivity index (χ1) is 9.50. The molecule has 6 heteroatoms. The van der Waals surface area contributed by atoms with Gasteiger partial charge in [-0.15, -0.1) is 5.10 Å². The van der Waals surface area contributed by atoms with Gasteiger partial charge < -0.3 is 4.90 Å². The molecule has 0 aliphatic heterocycles. The molecule has 20 heavy (non-hydrogen) atoms. The van der Waals surface area contributed by atoms with Crippen LogP contribution in [-0.4, -0.2) is 27.4 Å². The summed E-state index contributed by atoms with van der Waals surface area (Å²) in [4.78, 5) is 14.8. The van der Waals surface area contributed by atoms with Crippen molar-refractivity contribution >= 4 is 33.4 Å². The molecule has 2 aromatic rings. The molecule has 0 bridgehead atoms. The van der Waals surface area contributed by atoms with Gasteiger partial charge in [0.15, 0.2) is 0 Å². The lowest BCUT2D eigenvalue weighted by Crippen LogP contribution is -2.26. The topological polar surface area (TPSA) is 46.1 Å². The number of hydrogen-bond donors (Lipinski definition) is 0. The van der Waals surface area contributed by atoms with Crippen LogP contribution in [0.15, 0.2) is 28.7 Å². The van der Waals surface area contributed by atoms with Crippen molar-refractivity contribution in [2.75, 3.05) is 7.05 Å². The highest BCUT2D eigenvalue weighted by Crippen LogP contribution is 2.23. The molecule has 0 atom stereocenters. The van der Waals surface area contributed by atoms with E-state index in [4.69, 9.17) is 0 Å². The van der Waals surface area contributed by atoms with Gasteiger partial charge in [0, 0.05) is 18.1 Å². The summed E-state index contributed by atoms with van der Waals surface area (Å²) >= 11 is 4.67. The average Bonchev–Trinajstić information content (AvgIpc) is 2.89. The second-order valence-electron chi connectivity index (χ2n) is 4.89. The molecule has 0 aliphatic carbocycles. The molecule has 106 valence electrons. The van der Waals surface area contributed by atoms with Gasteiger partial charge in [-0.05, 0) is 29.1 Å². The standard InChI is InChI=1S/C14H16BrN3OS/c1-9(2)12-13(20-17-16-12)14(19)18(3)8-10-6-4-5-7-11(10)15/h4-7,9H,8H2,1-3H3. The number of benzene rings is 1. The van der Waals surface area contributed by atoms with Crippen LogP contribution in [0, 0.1) is 0 Å². The molecule has 2 rings (SSSR count). The maximum atomic E-state index is 12.5. The van der Waals surface area contributed by atoms with E-state index in [1.807, 2.05) is 38.1 Å². The molecule has 4 nitrogen and oxygen atoms in total. The Kier molecular flexibility index (Phi) is 4.88. The van der Waals surface area contributed by atoms with Gasteiger partial charge >= 0.3 is 0 Å². The number of carbonyl (C=O) groups excluding carboxylic acids is 1. The fraction of sp³-hybridized carbons (Fsp3) is 0.357. The Hall–Kier alpha value is -1.27. The van der Waals surface area contributed by atoms with Crippen molar-refractivity contribution in [2.45, 2.75) is 26.3 Å². The van der Waals surface area contributed by atoms with Crippen molar-refractivity contribution in [3.8, 4) is 0 Å². The Balaban J connectivity index is 2.17. The number of hydrogen-bond acceptors (Lipinski definition) is 4. The van der Waals surface area contributed by atoms with E-state index >= 15 is 0 Å². The average molecular weight is 354 g/mol. The fourth-order valence-corrected chi connectivity index (χ4v) is 3.08. The van der Waals surface area contributed by atoms with Gasteiger partial charge in [0.2, 0.25) is 0 Å². The molecule has 0 N–H and O–H groups in total. The highest BCUT2D eigenvalue weighted by atomic mass is 79.9. The minimum atomic E-state index is -0.0283. The van der Waals surface area contributed by atoms with Crippen LogP contribution >= 0.6 is 27.5 Å². The zero-order chi connectivity index (χ0) is 14.7. The first-order valence-corrected chi connectivity index (χ1v) is 7.88. The Bertz CT molecular complexity index is 612. The van der Waals surface area contributed by atoms with E-state index in [0.717, 1.165) is 15.7 Å². The highest BCUT2D eigenvalue weighted by molar-refractivity contribution is 9.10. The summed E-state index contributed by atoms with van der Waals surface area (Å²) in [5, 5.41) is 4.06. The van der Waals surface area contributed by atoms with E-state index in [1.165, 1.54) is 11.5 Å². The molecule has 0 unspecified atom stereocenters. The van der Waals surface area contributed by atoms with Gasteiger partial charge in [0.05, 0.1) is 5.69 Å². The van der Waals surface area contributed by atoms with Crippen LogP contribution in [0.25, 0.3) is 0 Å². The maximum Gasteiger partial charge on any atom is 0.267 e. The van der Waals surface area contributed by atoms with Crippen LogP contribution in [0.3, 0.4) is 0 Å². The molecule has 0 saturated heterocycles. The van der Waals surface area contributed by atoms with Crippen LogP contribution in [0.4, 0.5) is 0 Å². The van der Waals surface area contributed by atoms with Crippen molar-refractivity contribution in [1.82, 2.24) is 14.5 Å². The number of nitrogens with zero attached hydrogens (tertiary/aromatic N) is 3. The SMILES string of the molecule is CC(C)c1nnsc1C(=O)N(C)Cc1ccccc1Br. The lowest BCUT2D eigenvalue weighted by molar-refractivity contribution is 0.0788. The van der Waals surface area contributed by atoms with Gasteiger partial charge in [-0.2, -0.15) is 0 Å². The minimum absolute atomic E-state index is 0.0283. The number of carbonyl (C=O) groups is 1. The summed E-state index contributed by atoms with van der Waals surface area (Å²) in [5.41, 5.74) is 1.85. The molecule has 0 saturated carbocycles. The summed E-state index contributed by atoms with van der Waals surface area (Å²) in [6, 6.07) is 7.90. The van der Waals surface area contributed by atoms with Gasteiger partial charge in [-0.1, -0.05) is 52.5 Å². The monoisotopic (exact) mass is 353 g/mol. The zero-order valence-electron chi connectivity index (χ0n) is 11.6. The van der Waals surface area contributed by atoms with Gasteiger partial charge in [0.25, 0.3) is 5.91 Å². The van der Waals surface area contributed by atoms with Crippen LogP contribution in [-0.2, 0) is 6.54 Å². The molecule has 0 spiro atoms. The first kappa shape index (κ1) is 15.1. The van der Waals surface area contributed by atoms with E-state index in [-0.39, 0.29) is 11.8 Å². The Morgan fingerprint density at radius 3 is 2.75 bits per heavy atom. The predicted octanol–water partition coefficient (Wildman–Crippen LogP) is 3.70. The summed E-state index contributed by atoms with van der Waals surface area (Å²) in [6.45, 7) is 4.58. The quantitative estimate of drug-likeness (QED) is 0.841. The third-order valence-electron chi connectivity index (χ3n) is 2.97. The van der Waals surface area contributed by atoms with Gasteiger partial charge in [0.1, 0.15) is 4.88 Å². The van der Waals surface area contributed by atoms with Crippen LogP contribution in [0.1, 0.15) is 40.7 Å². The maximum absolute atomic E-state index is 12.5. The number of halogens is 1. The van der Waals surface area contributed by atoms with E-state index in [1.54, 1.807) is 11.9 Å². The summed E-state index contributed by atoms with van der Waals surface area (Å²) < 4.78 is 4.91. The molecule has 1 heterocycles. The molecule has 0 radical (unpaired) electrons. The second-order valence-corrected chi connectivity index (χ2v) is 6.50. The van der Waals surface area contributed by atoms with E-state index < -0.39 is 0 Å². The van der Waals surface area contributed by atoms with Crippen molar-refractivity contribution in [2.24, 2.45) is 0 Å². The van der Waals surface area contributed by atoms with Crippen molar-refractivity contribution in [1.29, 1.82) is 0 Å². The largest absolute Gasteiger partial charge is 0.337 e. The molecule has 0 aliphatic rings. The number of rotatable bonds is 4. The van der Waals surface area contributed by atoms with Gasteiger partial charge in [-0.3, -0.25) is 4.79 Å². The third kappa shape index (κ3) is 3.24. The summed E-state index contributed by atoms with van der Waals surface area (Å²) in [6.07, 6.45) is 0. The number of aromatic nitrogens is 2. The van der Waals surface area contributed by atoms with Crippen molar-refractivity contribution < 1.29 is 4.79 Å². The summed E-state index contributed by atoms with van der Waals surface area (Å²) in [5.74, 6) is 0.170. The smallest absolute Gasteiger partial charge is 0.267 e. The Labute approximate surface area is 131 Å². The third-order valence-corrected chi connectivity index (χ3v) is 4.47. The first-order valence-electron chi connectivity index (χ1n) is 6.31. The molecule has 1 aromatic heterocycles. The zero-order valence-corrected chi connectivity index (χ0v) is 14.0.